The normalized spacial score (nSPS) is 15.1. The summed E-state index contributed by atoms with van der Waals surface area (Å²) < 4.78 is 38.4. The highest BCUT2D eigenvalue weighted by Crippen LogP contribution is 2.36. The Kier molecular flexibility index (Phi) is 7.17. The predicted octanol–water partition coefficient (Wildman–Crippen LogP) is 3.17. The van der Waals surface area contributed by atoms with Crippen molar-refractivity contribution < 1.29 is 28.2 Å². The third-order valence-corrected chi connectivity index (χ3v) is 4.66. The summed E-state index contributed by atoms with van der Waals surface area (Å²) in [6.07, 6.45) is -5.12. The average molecular weight is 396 g/mol. The van der Waals surface area contributed by atoms with Crippen molar-refractivity contribution in [3.8, 4) is 11.1 Å². The lowest BCUT2D eigenvalue weighted by Gasteiger charge is -2.26. The zero-order valence-electron chi connectivity index (χ0n) is 15.1. The Labute approximate surface area is 160 Å². The van der Waals surface area contributed by atoms with Gasteiger partial charge >= 0.3 is 12.1 Å². The molecule has 2 aromatic rings. The first kappa shape index (κ1) is 21.9. The standard InChI is InChI=1S/C20H23F3N2O3/c21-20(22,23)14-7-5-12(6-8-14)15-3-1-2-4-16(15)18(26)13(9-10-24)11-17(25)19(27)28/h1-8,13,17-18,26H,9-11,24-25H2,(H,27,28)/t13?,17-,18?/m0/s1. The number of benzene rings is 2. The van der Waals surface area contributed by atoms with E-state index in [-0.39, 0.29) is 13.0 Å². The minimum absolute atomic E-state index is 0.0229. The number of alkyl halides is 3. The van der Waals surface area contributed by atoms with Crippen molar-refractivity contribution in [1.29, 1.82) is 0 Å². The number of nitrogens with two attached hydrogens (primary N) is 2. The van der Waals surface area contributed by atoms with E-state index < -0.39 is 35.8 Å². The molecule has 28 heavy (non-hydrogen) atoms. The molecule has 2 aromatic carbocycles. The summed E-state index contributed by atoms with van der Waals surface area (Å²) in [5, 5.41) is 19.9. The van der Waals surface area contributed by atoms with Gasteiger partial charge in [-0.3, -0.25) is 4.79 Å². The number of aliphatic hydroxyl groups excluding tert-OH is 1. The van der Waals surface area contributed by atoms with Crippen LogP contribution in [-0.4, -0.2) is 28.8 Å². The highest BCUT2D eigenvalue weighted by atomic mass is 19.4. The average Bonchev–Trinajstić information content (AvgIpc) is 2.66. The molecular formula is C20H23F3N2O3. The fraction of sp³-hybridized carbons (Fsp3) is 0.350. The van der Waals surface area contributed by atoms with Crippen LogP contribution in [0.15, 0.2) is 48.5 Å². The molecule has 0 saturated carbocycles. The van der Waals surface area contributed by atoms with Gasteiger partial charge in [0.2, 0.25) is 0 Å². The number of carboxylic acid groups (broad SMARTS) is 1. The second kappa shape index (κ2) is 9.18. The molecule has 0 aromatic heterocycles. The first-order valence-corrected chi connectivity index (χ1v) is 8.78. The Balaban J connectivity index is 2.37. The summed E-state index contributed by atoms with van der Waals surface area (Å²) in [4.78, 5) is 11.1. The summed E-state index contributed by atoms with van der Waals surface area (Å²) in [6, 6.07) is 10.3. The van der Waals surface area contributed by atoms with E-state index in [9.17, 15) is 23.1 Å². The van der Waals surface area contributed by atoms with Gasteiger partial charge in [-0.05, 0) is 54.1 Å². The monoisotopic (exact) mass is 396 g/mol. The number of hydrogen-bond donors (Lipinski definition) is 4. The fourth-order valence-electron chi connectivity index (χ4n) is 3.16. The highest BCUT2D eigenvalue weighted by Gasteiger charge is 2.30. The van der Waals surface area contributed by atoms with E-state index in [2.05, 4.69) is 0 Å². The molecule has 0 saturated heterocycles. The lowest BCUT2D eigenvalue weighted by molar-refractivity contribution is -0.139. The highest BCUT2D eigenvalue weighted by molar-refractivity contribution is 5.73. The molecule has 0 bridgehead atoms. The smallest absolute Gasteiger partial charge is 0.416 e. The number of halogens is 3. The van der Waals surface area contributed by atoms with Gasteiger partial charge in [0.1, 0.15) is 6.04 Å². The van der Waals surface area contributed by atoms with E-state index in [4.69, 9.17) is 16.6 Å². The van der Waals surface area contributed by atoms with Crippen LogP contribution >= 0.6 is 0 Å². The second-order valence-corrected chi connectivity index (χ2v) is 6.63. The molecule has 0 radical (unpaired) electrons. The van der Waals surface area contributed by atoms with Gasteiger partial charge in [0, 0.05) is 0 Å². The van der Waals surface area contributed by atoms with Gasteiger partial charge < -0.3 is 21.7 Å². The van der Waals surface area contributed by atoms with Crippen molar-refractivity contribution >= 4 is 5.97 Å². The Bertz CT molecular complexity index is 794. The molecule has 8 heteroatoms. The van der Waals surface area contributed by atoms with Gasteiger partial charge in [-0.1, -0.05) is 36.4 Å². The van der Waals surface area contributed by atoms with Crippen LogP contribution in [0.1, 0.15) is 30.1 Å². The van der Waals surface area contributed by atoms with Gasteiger partial charge in [0.15, 0.2) is 0 Å². The molecule has 152 valence electrons. The van der Waals surface area contributed by atoms with E-state index in [0.717, 1.165) is 12.1 Å². The third kappa shape index (κ3) is 5.31. The lowest BCUT2D eigenvalue weighted by atomic mass is 9.84. The number of aliphatic carboxylic acids is 1. The van der Waals surface area contributed by atoms with Gasteiger partial charge in [0.25, 0.3) is 0 Å². The van der Waals surface area contributed by atoms with Crippen LogP contribution in [0.3, 0.4) is 0 Å². The minimum Gasteiger partial charge on any atom is -0.480 e. The van der Waals surface area contributed by atoms with Gasteiger partial charge in [-0.15, -0.1) is 0 Å². The molecule has 2 unspecified atom stereocenters. The number of hydrogen-bond acceptors (Lipinski definition) is 4. The van der Waals surface area contributed by atoms with Crippen LogP contribution in [-0.2, 0) is 11.0 Å². The zero-order chi connectivity index (χ0) is 20.9. The molecule has 0 amide bonds. The summed E-state index contributed by atoms with van der Waals surface area (Å²) >= 11 is 0. The maximum absolute atomic E-state index is 12.8. The molecule has 0 aliphatic carbocycles. The Hall–Kier alpha value is -2.42. The molecule has 2 rings (SSSR count). The topological polar surface area (TPSA) is 110 Å². The number of aliphatic hydroxyl groups is 1. The van der Waals surface area contributed by atoms with Crippen LogP contribution < -0.4 is 11.5 Å². The first-order valence-electron chi connectivity index (χ1n) is 8.78. The van der Waals surface area contributed by atoms with Crippen molar-refractivity contribution in [3.05, 3.63) is 59.7 Å². The van der Waals surface area contributed by atoms with Crippen molar-refractivity contribution in [2.45, 2.75) is 31.2 Å². The Morgan fingerprint density at radius 2 is 1.68 bits per heavy atom. The SMILES string of the molecule is NCCC(C[C@H](N)C(=O)O)C(O)c1ccccc1-c1ccc(C(F)(F)F)cc1. The van der Waals surface area contributed by atoms with Crippen LogP contribution in [0.4, 0.5) is 13.2 Å². The van der Waals surface area contributed by atoms with E-state index >= 15 is 0 Å². The summed E-state index contributed by atoms with van der Waals surface area (Å²) in [6.45, 7) is 0.233. The number of carboxylic acids is 1. The molecule has 0 aliphatic heterocycles. The molecular weight excluding hydrogens is 373 g/mol. The van der Waals surface area contributed by atoms with Crippen LogP contribution in [0.2, 0.25) is 0 Å². The zero-order valence-corrected chi connectivity index (χ0v) is 15.1. The Morgan fingerprint density at radius 1 is 1.07 bits per heavy atom. The number of carbonyl (C=O) groups is 1. The van der Waals surface area contributed by atoms with Gasteiger partial charge in [0.05, 0.1) is 11.7 Å². The molecule has 0 fully saturated rings. The van der Waals surface area contributed by atoms with Crippen LogP contribution in [0.5, 0.6) is 0 Å². The summed E-state index contributed by atoms with van der Waals surface area (Å²) in [5.41, 5.74) is 12.0. The third-order valence-electron chi connectivity index (χ3n) is 4.66. The molecule has 5 nitrogen and oxygen atoms in total. The predicted molar refractivity (Wildman–Crippen MR) is 99.2 cm³/mol. The van der Waals surface area contributed by atoms with Gasteiger partial charge in [-0.2, -0.15) is 13.2 Å². The maximum atomic E-state index is 12.8. The minimum atomic E-state index is -4.43. The van der Waals surface area contributed by atoms with Crippen molar-refractivity contribution in [2.24, 2.45) is 17.4 Å². The fourth-order valence-corrected chi connectivity index (χ4v) is 3.16. The Morgan fingerprint density at radius 3 is 2.21 bits per heavy atom. The second-order valence-electron chi connectivity index (χ2n) is 6.63. The lowest BCUT2D eigenvalue weighted by Crippen LogP contribution is -2.34. The van der Waals surface area contributed by atoms with E-state index in [1.807, 2.05) is 0 Å². The van der Waals surface area contributed by atoms with E-state index in [0.29, 0.717) is 23.1 Å². The molecule has 0 aliphatic rings. The molecule has 6 N–H and O–H groups in total. The number of rotatable bonds is 8. The maximum Gasteiger partial charge on any atom is 0.416 e. The summed E-state index contributed by atoms with van der Waals surface area (Å²) in [5.74, 6) is -1.68. The van der Waals surface area contributed by atoms with Crippen molar-refractivity contribution in [1.82, 2.24) is 0 Å². The molecule has 0 heterocycles. The summed E-state index contributed by atoms with van der Waals surface area (Å²) in [7, 11) is 0. The van der Waals surface area contributed by atoms with Crippen LogP contribution in [0, 0.1) is 5.92 Å². The van der Waals surface area contributed by atoms with Crippen molar-refractivity contribution in [3.63, 3.8) is 0 Å². The van der Waals surface area contributed by atoms with Crippen molar-refractivity contribution in [2.75, 3.05) is 6.54 Å². The quantitative estimate of drug-likeness (QED) is 0.548. The van der Waals surface area contributed by atoms with Crippen LogP contribution in [0.25, 0.3) is 11.1 Å². The molecule has 0 spiro atoms. The van der Waals surface area contributed by atoms with E-state index in [1.165, 1.54) is 12.1 Å². The molecule has 3 atom stereocenters. The largest absolute Gasteiger partial charge is 0.480 e. The first-order chi connectivity index (χ1) is 13.1. The van der Waals surface area contributed by atoms with E-state index in [1.54, 1.807) is 24.3 Å². The van der Waals surface area contributed by atoms with Gasteiger partial charge in [-0.25, -0.2) is 0 Å².